The van der Waals surface area contributed by atoms with Crippen molar-refractivity contribution in [2.45, 2.75) is 6.54 Å². The van der Waals surface area contributed by atoms with Gasteiger partial charge in [-0.15, -0.1) is 0 Å². The third-order valence-electron chi connectivity index (χ3n) is 4.24. The summed E-state index contributed by atoms with van der Waals surface area (Å²) in [5, 5.41) is 7.32. The van der Waals surface area contributed by atoms with Gasteiger partial charge in [-0.25, -0.2) is 0 Å². The molecule has 0 atom stereocenters. The van der Waals surface area contributed by atoms with Gasteiger partial charge in [0.1, 0.15) is 11.3 Å². The number of rotatable bonds is 5. The Bertz CT molecular complexity index is 1200. The number of nitrogens with zero attached hydrogens (tertiary/aromatic N) is 2. The Morgan fingerprint density at radius 1 is 1.18 bits per heavy atom. The third kappa shape index (κ3) is 3.64. The summed E-state index contributed by atoms with van der Waals surface area (Å²) in [6.45, 7) is 0.585. The van der Waals surface area contributed by atoms with Crippen molar-refractivity contribution in [3.8, 4) is 5.75 Å². The van der Waals surface area contributed by atoms with E-state index in [1.54, 1.807) is 35.3 Å². The summed E-state index contributed by atoms with van der Waals surface area (Å²) in [6, 6.07) is 15.9. The van der Waals surface area contributed by atoms with Gasteiger partial charge < -0.3 is 14.5 Å². The highest BCUT2D eigenvalue weighted by atomic mass is 16.5. The van der Waals surface area contributed by atoms with Crippen molar-refractivity contribution < 1.29 is 13.9 Å². The van der Waals surface area contributed by atoms with E-state index in [-0.39, 0.29) is 16.8 Å². The summed E-state index contributed by atoms with van der Waals surface area (Å²) in [6.07, 6.45) is 3.26. The van der Waals surface area contributed by atoms with Gasteiger partial charge in [-0.1, -0.05) is 30.3 Å². The number of hydrogen-bond acceptors (Lipinski definition) is 5. The lowest BCUT2D eigenvalue weighted by molar-refractivity contribution is 0.0997. The maximum Gasteiger partial charge on any atom is 0.291 e. The second-order valence-electron chi connectivity index (χ2n) is 6.20. The van der Waals surface area contributed by atoms with E-state index in [0.29, 0.717) is 23.4 Å². The molecule has 0 unspecified atom stereocenters. The van der Waals surface area contributed by atoms with Gasteiger partial charge in [0.15, 0.2) is 11.2 Å². The SMILES string of the molecule is COc1ccc2c(=O)cc(C(=O)Nc3cnn(Cc4ccccc4)c3)oc2c1. The molecule has 28 heavy (non-hydrogen) atoms. The van der Waals surface area contributed by atoms with E-state index in [2.05, 4.69) is 10.4 Å². The minimum absolute atomic E-state index is 0.0819. The van der Waals surface area contributed by atoms with Gasteiger partial charge in [0, 0.05) is 18.3 Å². The Balaban J connectivity index is 1.54. The average molecular weight is 375 g/mol. The van der Waals surface area contributed by atoms with Crippen LogP contribution in [0.15, 0.2) is 76.2 Å². The Kier molecular flexibility index (Phi) is 4.63. The van der Waals surface area contributed by atoms with Crippen molar-refractivity contribution in [1.82, 2.24) is 9.78 Å². The number of anilines is 1. The number of fused-ring (bicyclic) bond motifs is 1. The number of carbonyl (C=O) groups is 1. The van der Waals surface area contributed by atoms with Crippen LogP contribution < -0.4 is 15.5 Å². The van der Waals surface area contributed by atoms with Crippen molar-refractivity contribution in [3.63, 3.8) is 0 Å². The fraction of sp³-hybridized carbons (Fsp3) is 0.0952. The van der Waals surface area contributed by atoms with Gasteiger partial charge in [-0.3, -0.25) is 14.3 Å². The van der Waals surface area contributed by atoms with Crippen LogP contribution in [0.4, 0.5) is 5.69 Å². The molecule has 2 aromatic heterocycles. The molecule has 2 heterocycles. The lowest BCUT2D eigenvalue weighted by Crippen LogP contribution is -2.14. The van der Waals surface area contributed by atoms with Crippen LogP contribution in [-0.2, 0) is 6.54 Å². The molecule has 1 amide bonds. The number of methoxy groups -OCH3 is 1. The number of benzene rings is 2. The van der Waals surface area contributed by atoms with E-state index >= 15 is 0 Å². The van der Waals surface area contributed by atoms with Crippen LogP contribution in [0.3, 0.4) is 0 Å². The summed E-state index contributed by atoms with van der Waals surface area (Å²) in [4.78, 5) is 24.8. The molecule has 7 heteroatoms. The highest BCUT2D eigenvalue weighted by molar-refractivity contribution is 6.02. The Morgan fingerprint density at radius 3 is 2.79 bits per heavy atom. The topological polar surface area (TPSA) is 86.4 Å². The van der Waals surface area contributed by atoms with Crippen LogP contribution in [0.1, 0.15) is 16.1 Å². The standard InChI is InChI=1S/C21H17N3O4/c1-27-16-7-8-17-18(25)10-20(28-19(17)9-16)21(26)23-15-11-22-24(13-15)12-14-5-3-2-4-6-14/h2-11,13H,12H2,1H3,(H,23,26). The summed E-state index contributed by atoms with van der Waals surface area (Å²) in [5.74, 6) is -0.0713. The second kappa shape index (κ2) is 7.40. The molecular formula is C21H17N3O4. The van der Waals surface area contributed by atoms with Crippen molar-refractivity contribution in [2.24, 2.45) is 0 Å². The van der Waals surface area contributed by atoms with Crippen molar-refractivity contribution in [3.05, 3.63) is 88.5 Å². The molecule has 0 aliphatic carbocycles. The van der Waals surface area contributed by atoms with Crippen LogP contribution in [-0.4, -0.2) is 22.8 Å². The van der Waals surface area contributed by atoms with E-state index in [9.17, 15) is 9.59 Å². The summed E-state index contributed by atoms with van der Waals surface area (Å²) in [7, 11) is 1.52. The highest BCUT2D eigenvalue weighted by Crippen LogP contribution is 2.20. The zero-order valence-electron chi connectivity index (χ0n) is 15.1. The number of aromatic nitrogens is 2. The molecular weight excluding hydrogens is 358 g/mol. The largest absolute Gasteiger partial charge is 0.497 e. The van der Waals surface area contributed by atoms with Gasteiger partial charge in [0.2, 0.25) is 0 Å². The summed E-state index contributed by atoms with van der Waals surface area (Å²) in [5.41, 5.74) is 1.60. The first kappa shape index (κ1) is 17.5. The van der Waals surface area contributed by atoms with Crippen LogP contribution in [0, 0.1) is 0 Å². The summed E-state index contributed by atoms with van der Waals surface area (Å²) >= 11 is 0. The van der Waals surface area contributed by atoms with Crippen molar-refractivity contribution in [1.29, 1.82) is 0 Å². The molecule has 7 nitrogen and oxygen atoms in total. The monoisotopic (exact) mass is 375 g/mol. The van der Waals surface area contributed by atoms with Gasteiger partial charge >= 0.3 is 0 Å². The summed E-state index contributed by atoms with van der Waals surface area (Å²) < 4.78 is 12.5. The predicted molar refractivity (Wildman–Crippen MR) is 105 cm³/mol. The molecule has 0 aliphatic heterocycles. The van der Waals surface area contributed by atoms with E-state index < -0.39 is 5.91 Å². The lowest BCUT2D eigenvalue weighted by atomic mass is 10.2. The molecule has 0 fully saturated rings. The van der Waals surface area contributed by atoms with Crippen molar-refractivity contribution in [2.75, 3.05) is 12.4 Å². The maximum absolute atomic E-state index is 12.5. The molecule has 0 radical (unpaired) electrons. The van der Waals surface area contributed by atoms with Crippen LogP contribution in [0.2, 0.25) is 0 Å². The molecule has 0 bridgehead atoms. The fourth-order valence-electron chi connectivity index (χ4n) is 2.85. The molecule has 0 saturated heterocycles. The average Bonchev–Trinajstić information content (AvgIpc) is 3.14. The first-order valence-corrected chi connectivity index (χ1v) is 8.62. The van der Waals surface area contributed by atoms with E-state index in [1.807, 2.05) is 30.3 Å². The van der Waals surface area contributed by atoms with Crippen LogP contribution in [0.5, 0.6) is 5.75 Å². The Morgan fingerprint density at radius 2 is 2.00 bits per heavy atom. The van der Waals surface area contributed by atoms with Gasteiger partial charge in [0.25, 0.3) is 5.91 Å². The van der Waals surface area contributed by atoms with Crippen LogP contribution in [0.25, 0.3) is 11.0 Å². The number of nitrogens with one attached hydrogen (secondary N) is 1. The molecule has 4 aromatic rings. The van der Waals surface area contributed by atoms with Gasteiger partial charge in [-0.2, -0.15) is 5.10 Å². The fourth-order valence-corrected chi connectivity index (χ4v) is 2.85. The smallest absolute Gasteiger partial charge is 0.291 e. The first-order chi connectivity index (χ1) is 13.6. The minimum Gasteiger partial charge on any atom is -0.497 e. The first-order valence-electron chi connectivity index (χ1n) is 8.62. The molecule has 0 spiro atoms. The molecule has 0 saturated carbocycles. The third-order valence-corrected chi connectivity index (χ3v) is 4.24. The normalized spacial score (nSPS) is 10.8. The number of carbonyl (C=O) groups excluding carboxylic acids is 1. The van der Waals surface area contributed by atoms with Crippen molar-refractivity contribution >= 4 is 22.6 Å². The number of amides is 1. The zero-order valence-corrected chi connectivity index (χ0v) is 15.1. The Hall–Kier alpha value is -3.87. The van der Waals surface area contributed by atoms with E-state index in [1.165, 1.54) is 13.2 Å². The molecule has 140 valence electrons. The Labute approximate surface area is 160 Å². The molecule has 2 aromatic carbocycles. The lowest BCUT2D eigenvalue weighted by Gasteiger charge is -2.05. The molecule has 0 aliphatic rings. The number of hydrogen-bond donors (Lipinski definition) is 1. The maximum atomic E-state index is 12.5. The molecule has 4 rings (SSSR count). The predicted octanol–water partition coefficient (Wildman–Crippen LogP) is 3.30. The van der Waals surface area contributed by atoms with E-state index in [4.69, 9.17) is 9.15 Å². The zero-order chi connectivity index (χ0) is 19.5. The van der Waals surface area contributed by atoms with E-state index in [0.717, 1.165) is 5.56 Å². The van der Waals surface area contributed by atoms with Gasteiger partial charge in [0.05, 0.1) is 30.9 Å². The van der Waals surface area contributed by atoms with Crippen LogP contribution >= 0.6 is 0 Å². The molecule has 1 N–H and O–H groups in total. The highest BCUT2D eigenvalue weighted by Gasteiger charge is 2.14. The number of ether oxygens (including phenoxy) is 1. The minimum atomic E-state index is -0.527. The van der Waals surface area contributed by atoms with Gasteiger partial charge in [-0.05, 0) is 17.7 Å². The second-order valence-corrected chi connectivity index (χ2v) is 6.20. The quantitative estimate of drug-likeness (QED) is 0.578.